The summed E-state index contributed by atoms with van der Waals surface area (Å²) in [6.45, 7) is 1.71. The quantitative estimate of drug-likeness (QED) is 0.892. The van der Waals surface area contributed by atoms with Gasteiger partial charge >= 0.3 is 11.8 Å². The summed E-state index contributed by atoms with van der Waals surface area (Å²) in [5.41, 5.74) is -1.43. The van der Waals surface area contributed by atoms with E-state index in [-0.39, 0.29) is 18.2 Å². The van der Waals surface area contributed by atoms with Gasteiger partial charge in [0.05, 0.1) is 6.61 Å². The highest BCUT2D eigenvalue weighted by Crippen LogP contribution is 2.26. The highest BCUT2D eigenvalue weighted by atomic mass is 16.5. The fraction of sp³-hybridized carbons (Fsp3) is 0.600. The molecule has 1 aromatic heterocycles. The zero-order chi connectivity index (χ0) is 17.0. The maximum absolute atomic E-state index is 12.3. The molecule has 1 aromatic rings. The number of imide groups is 1. The Morgan fingerprint density at radius 3 is 2.52 bits per heavy atom. The highest BCUT2D eigenvalue weighted by molar-refractivity contribution is 6.02. The van der Waals surface area contributed by atoms with Gasteiger partial charge in [0.2, 0.25) is 0 Å². The van der Waals surface area contributed by atoms with Crippen LogP contribution in [0.1, 0.15) is 55.4 Å². The van der Waals surface area contributed by atoms with Crippen LogP contribution in [0.4, 0.5) is 4.79 Å². The molecule has 0 spiro atoms. The molecule has 1 saturated carbocycles. The van der Waals surface area contributed by atoms with Gasteiger partial charge in [0.25, 0.3) is 11.5 Å². The Balaban J connectivity index is 2.38. The maximum atomic E-state index is 12.3. The van der Waals surface area contributed by atoms with Crippen LogP contribution in [0, 0.1) is 0 Å². The first kappa shape index (κ1) is 17.0. The third-order valence-corrected chi connectivity index (χ3v) is 4.01. The number of ether oxygens (including phenoxy) is 1. The standard InChI is InChI=1S/C15H21N3O5/c1-3-23-14(21)16-12(19)11-9-18(10-7-5-4-6-8-10)15(22)17(2)13(11)20/h9-10H,3-8H2,1-2H3,(H,16,19,21). The van der Waals surface area contributed by atoms with Crippen molar-refractivity contribution in [2.75, 3.05) is 6.61 Å². The minimum atomic E-state index is -0.921. The first-order valence-electron chi connectivity index (χ1n) is 7.76. The third kappa shape index (κ3) is 3.69. The molecule has 8 heteroatoms. The molecule has 8 nitrogen and oxygen atoms in total. The Morgan fingerprint density at radius 2 is 1.91 bits per heavy atom. The number of carbonyl (C=O) groups is 2. The minimum absolute atomic E-state index is 0.0304. The molecule has 1 fully saturated rings. The molecule has 0 aliphatic heterocycles. The molecular formula is C15H21N3O5. The lowest BCUT2D eigenvalue weighted by Crippen LogP contribution is -2.44. The van der Waals surface area contributed by atoms with Crippen molar-refractivity contribution < 1.29 is 14.3 Å². The largest absolute Gasteiger partial charge is 0.450 e. The zero-order valence-corrected chi connectivity index (χ0v) is 13.3. The fourth-order valence-electron chi connectivity index (χ4n) is 2.79. The third-order valence-electron chi connectivity index (χ3n) is 4.01. The normalized spacial score (nSPS) is 15.2. The molecule has 1 aliphatic carbocycles. The van der Waals surface area contributed by atoms with E-state index in [0.717, 1.165) is 36.7 Å². The van der Waals surface area contributed by atoms with Crippen LogP contribution >= 0.6 is 0 Å². The summed E-state index contributed by atoms with van der Waals surface area (Å²) in [7, 11) is 1.32. The summed E-state index contributed by atoms with van der Waals surface area (Å²) in [5, 5.41) is 1.99. The SMILES string of the molecule is CCOC(=O)NC(=O)c1cn(C2CCCCC2)c(=O)n(C)c1=O. The smallest absolute Gasteiger partial charge is 0.414 e. The second kappa shape index (κ2) is 7.26. The van der Waals surface area contributed by atoms with Gasteiger partial charge in [0.15, 0.2) is 0 Å². The molecule has 2 rings (SSSR count). The van der Waals surface area contributed by atoms with Gasteiger partial charge in [-0.15, -0.1) is 0 Å². The number of amides is 2. The first-order chi connectivity index (χ1) is 11.0. The van der Waals surface area contributed by atoms with Crippen LogP contribution in [-0.2, 0) is 11.8 Å². The van der Waals surface area contributed by atoms with E-state index >= 15 is 0 Å². The van der Waals surface area contributed by atoms with Crippen molar-refractivity contribution in [2.45, 2.75) is 45.1 Å². The van der Waals surface area contributed by atoms with Crippen LogP contribution in [0.3, 0.4) is 0 Å². The van der Waals surface area contributed by atoms with Crippen molar-refractivity contribution in [1.82, 2.24) is 14.5 Å². The number of aromatic nitrogens is 2. The van der Waals surface area contributed by atoms with Crippen molar-refractivity contribution in [3.05, 3.63) is 32.6 Å². The fourth-order valence-corrected chi connectivity index (χ4v) is 2.79. The molecular weight excluding hydrogens is 302 g/mol. The number of rotatable bonds is 3. The number of hydrogen-bond donors (Lipinski definition) is 1. The molecule has 0 atom stereocenters. The molecule has 0 radical (unpaired) electrons. The van der Waals surface area contributed by atoms with Crippen LogP contribution in [-0.4, -0.2) is 27.7 Å². The summed E-state index contributed by atoms with van der Waals surface area (Å²) in [6, 6.07) is -0.0304. The molecule has 2 amide bonds. The van der Waals surface area contributed by atoms with E-state index < -0.39 is 23.2 Å². The van der Waals surface area contributed by atoms with Crippen LogP contribution in [0.15, 0.2) is 15.8 Å². The molecule has 1 heterocycles. The highest BCUT2D eigenvalue weighted by Gasteiger charge is 2.22. The lowest BCUT2D eigenvalue weighted by Gasteiger charge is -2.24. The van der Waals surface area contributed by atoms with Crippen LogP contribution in [0.2, 0.25) is 0 Å². The number of nitrogens with one attached hydrogen (secondary N) is 1. The molecule has 0 bridgehead atoms. The van der Waals surface area contributed by atoms with Gasteiger partial charge < -0.3 is 4.74 Å². The summed E-state index contributed by atoms with van der Waals surface area (Å²) in [6.07, 6.45) is 5.13. The van der Waals surface area contributed by atoms with E-state index in [9.17, 15) is 19.2 Å². The van der Waals surface area contributed by atoms with Gasteiger partial charge in [-0.3, -0.25) is 24.0 Å². The van der Waals surface area contributed by atoms with E-state index in [1.807, 2.05) is 5.32 Å². The zero-order valence-electron chi connectivity index (χ0n) is 13.3. The average molecular weight is 323 g/mol. The average Bonchev–Trinajstić information content (AvgIpc) is 2.53. The van der Waals surface area contributed by atoms with Crippen molar-refractivity contribution in [1.29, 1.82) is 0 Å². The summed E-state index contributed by atoms with van der Waals surface area (Å²) in [4.78, 5) is 47.9. The topological polar surface area (TPSA) is 99.4 Å². The minimum Gasteiger partial charge on any atom is -0.450 e. The predicted molar refractivity (Wildman–Crippen MR) is 82.6 cm³/mol. The summed E-state index contributed by atoms with van der Waals surface area (Å²) < 4.78 is 6.95. The van der Waals surface area contributed by atoms with Crippen molar-refractivity contribution in [3.8, 4) is 0 Å². The molecule has 1 N–H and O–H groups in total. The Kier molecular flexibility index (Phi) is 5.36. The van der Waals surface area contributed by atoms with Crippen LogP contribution in [0.25, 0.3) is 0 Å². The monoisotopic (exact) mass is 323 g/mol. The van der Waals surface area contributed by atoms with Crippen LogP contribution < -0.4 is 16.6 Å². The molecule has 126 valence electrons. The molecule has 0 aromatic carbocycles. The van der Waals surface area contributed by atoms with Gasteiger partial charge in [0.1, 0.15) is 5.56 Å². The Hall–Kier alpha value is -2.38. The van der Waals surface area contributed by atoms with E-state index in [2.05, 4.69) is 4.74 Å². The van der Waals surface area contributed by atoms with E-state index in [0.29, 0.717) is 0 Å². The molecule has 1 aliphatic rings. The predicted octanol–water partition coefficient (Wildman–Crippen LogP) is 0.938. The maximum Gasteiger partial charge on any atom is 0.414 e. The van der Waals surface area contributed by atoms with Crippen LogP contribution in [0.5, 0.6) is 0 Å². The Labute approximate surface area is 133 Å². The van der Waals surface area contributed by atoms with Crippen molar-refractivity contribution in [3.63, 3.8) is 0 Å². The number of hydrogen-bond acceptors (Lipinski definition) is 5. The molecule has 23 heavy (non-hydrogen) atoms. The lowest BCUT2D eigenvalue weighted by atomic mass is 9.95. The second-order valence-electron chi connectivity index (χ2n) is 5.56. The number of carbonyl (C=O) groups excluding carboxylic acids is 2. The van der Waals surface area contributed by atoms with Gasteiger partial charge in [0, 0.05) is 19.3 Å². The number of nitrogens with zero attached hydrogens (tertiary/aromatic N) is 2. The molecule has 0 saturated heterocycles. The van der Waals surface area contributed by atoms with Gasteiger partial charge in [-0.2, -0.15) is 0 Å². The Bertz CT molecular complexity index is 713. The summed E-state index contributed by atoms with van der Waals surface area (Å²) >= 11 is 0. The summed E-state index contributed by atoms with van der Waals surface area (Å²) in [5.74, 6) is -0.867. The lowest BCUT2D eigenvalue weighted by molar-refractivity contribution is 0.0921. The van der Waals surface area contributed by atoms with Gasteiger partial charge in [-0.05, 0) is 19.8 Å². The Morgan fingerprint density at radius 1 is 1.26 bits per heavy atom. The van der Waals surface area contributed by atoms with E-state index in [1.54, 1.807) is 6.92 Å². The van der Waals surface area contributed by atoms with Crippen molar-refractivity contribution in [2.24, 2.45) is 7.05 Å². The first-order valence-corrected chi connectivity index (χ1v) is 7.76. The van der Waals surface area contributed by atoms with E-state index in [1.165, 1.54) is 17.8 Å². The van der Waals surface area contributed by atoms with Gasteiger partial charge in [-0.1, -0.05) is 19.3 Å². The van der Waals surface area contributed by atoms with Gasteiger partial charge in [-0.25, -0.2) is 9.59 Å². The molecule has 0 unspecified atom stereocenters. The number of alkyl carbamates (subject to hydrolysis) is 1. The van der Waals surface area contributed by atoms with E-state index in [4.69, 9.17) is 0 Å². The second-order valence-corrected chi connectivity index (χ2v) is 5.56. The van der Waals surface area contributed by atoms with Crippen molar-refractivity contribution >= 4 is 12.0 Å².